The maximum atomic E-state index is 12.5. The van der Waals surface area contributed by atoms with Crippen LogP contribution in [0, 0.1) is 24.8 Å². The Labute approximate surface area is 130 Å². The third-order valence-corrected chi connectivity index (χ3v) is 5.26. The maximum absolute atomic E-state index is 12.5. The molecule has 1 unspecified atom stereocenters. The molecule has 5 heteroatoms. The van der Waals surface area contributed by atoms with Gasteiger partial charge in [0.15, 0.2) is 0 Å². The topological polar surface area (TPSA) is 62.3 Å². The lowest BCUT2D eigenvalue weighted by atomic mass is 10.1. The van der Waals surface area contributed by atoms with Gasteiger partial charge >= 0.3 is 5.37 Å². The highest BCUT2D eigenvalue weighted by Gasteiger charge is 2.32. The molecule has 0 amide bonds. The molecule has 0 radical (unpaired) electrons. The molecule has 0 heterocycles. The van der Waals surface area contributed by atoms with Crippen LogP contribution in [-0.2, 0) is 16.3 Å². The molecule has 0 bridgehead atoms. The van der Waals surface area contributed by atoms with Gasteiger partial charge in [-0.3, -0.25) is 4.85 Å². The summed E-state index contributed by atoms with van der Waals surface area (Å²) in [6, 6.07) is 15.1. The highest BCUT2D eigenvalue weighted by atomic mass is 32.2. The van der Waals surface area contributed by atoms with E-state index < -0.39 is 15.2 Å². The van der Waals surface area contributed by atoms with Gasteiger partial charge in [-0.25, -0.2) is 15.0 Å². The molecule has 22 heavy (non-hydrogen) atoms. The summed E-state index contributed by atoms with van der Waals surface area (Å²) in [5.41, 5.74) is 2.19. The third kappa shape index (κ3) is 3.33. The Kier molecular flexibility index (Phi) is 4.60. The number of aryl methyl sites for hydroxylation is 1. The number of rotatable bonds is 4. The highest BCUT2D eigenvalue weighted by molar-refractivity contribution is 7.92. The predicted octanol–water partition coefficient (Wildman–Crippen LogP) is 3.13. The zero-order valence-electron chi connectivity index (χ0n) is 12.0. The van der Waals surface area contributed by atoms with Gasteiger partial charge in [-0.2, -0.15) is 5.26 Å². The Morgan fingerprint density at radius 1 is 1.14 bits per heavy atom. The van der Waals surface area contributed by atoms with Crippen LogP contribution in [-0.4, -0.2) is 13.8 Å². The lowest BCUT2D eigenvalue weighted by Crippen LogP contribution is -2.20. The number of sulfone groups is 1. The number of nitrogens with zero attached hydrogens (tertiary/aromatic N) is 2. The van der Waals surface area contributed by atoms with Crippen LogP contribution in [0.5, 0.6) is 0 Å². The SMILES string of the molecule is [C-]#[N+]C(Cc1ccc(C#N)cc1)S(=O)(=O)c1ccc(C)cc1. The van der Waals surface area contributed by atoms with Crippen LogP contribution in [0.2, 0.25) is 0 Å². The average molecular weight is 310 g/mol. The van der Waals surface area contributed by atoms with E-state index in [2.05, 4.69) is 4.85 Å². The summed E-state index contributed by atoms with van der Waals surface area (Å²) >= 11 is 0. The van der Waals surface area contributed by atoms with E-state index in [0.29, 0.717) is 5.56 Å². The van der Waals surface area contributed by atoms with Crippen LogP contribution in [0.3, 0.4) is 0 Å². The summed E-state index contributed by atoms with van der Waals surface area (Å²) in [5, 5.41) is 7.60. The fraction of sp³-hybridized carbons (Fsp3) is 0.176. The fourth-order valence-electron chi connectivity index (χ4n) is 2.03. The first-order chi connectivity index (χ1) is 10.5. The van der Waals surface area contributed by atoms with Gasteiger partial charge in [0.25, 0.3) is 9.84 Å². The zero-order chi connectivity index (χ0) is 16.2. The predicted molar refractivity (Wildman–Crippen MR) is 83.6 cm³/mol. The van der Waals surface area contributed by atoms with Crippen LogP contribution >= 0.6 is 0 Å². The lowest BCUT2D eigenvalue weighted by Gasteiger charge is -2.08. The molecule has 2 aromatic carbocycles. The number of hydrogen-bond donors (Lipinski definition) is 0. The van der Waals surface area contributed by atoms with Gasteiger partial charge < -0.3 is 0 Å². The van der Waals surface area contributed by atoms with E-state index in [1.165, 1.54) is 12.1 Å². The second kappa shape index (κ2) is 6.43. The Morgan fingerprint density at radius 3 is 2.23 bits per heavy atom. The van der Waals surface area contributed by atoms with E-state index in [1.807, 2.05) is 13.0 Å². The molecule has 0 aliphatic heterocycles. The third-order valence-electron chi connectivity index (χ3n) is 3.35. The monoisotopic (exact) mass is 310 g/mol. The van der Waals surface area contributed by atoms with Gasteiger partial charge in [-0.15, -0.1) is 0 Å². The van der Waals surface area contributed by atoms with Gasteiger partial charge in [0.05, 0.1) is 22.9 Å². The number of nitriles is 1. The molecule has 0 N–H and O–H groups in total. The van der Waals surface area contributed by atoms with Crippen LogP contribution in [0.15, 0.2) is 53.4 Å². The minimum atomic E-state index is -3.70. The average Bonchev–Trinajstić information content (AvgIpc) is 2.53. The summed E-state index contributed by atoms with van der Waals surface area (Å²) in [6.45, 7) is 9.10. The molecule has 2 rings (SSSR count). The van der Waals surface area contributed by atoms with Crippen molar-refractivity contribution in [2.24, 2.45) is 0 Å². The van der Waals surface area contributed by atoms with Gasteiger partial charge in [-0.1, -0.05) is 29.8 Å². The van der Waals surface area contributed by atoms with Crippen molar-refractivity contribution in [1.29, 1.82) is 5.26 Å². The lowest BCUT2D eigenvalue weighted by molar-refractivity contribution is 0.587. The van der Waals surface area contributed by atoms with Crippen molar-refractivity contribution in [3.63, 3.8) is 0 Å². The zero-order valence-corrected chi connectivity index (χ0v) is 12.8. The molecule has 0 aromatic heterocycles. The maximum Gasteiger partial charge on any atom is 0.329 e. The van der Waals surface area contributed by atoms with Crippen LogP contribution in [0.25, 0.3) is 4.85 Å². The molecule has 0 saturated carbocycles. The quantitative estimate of drug-likeness (QED) is 0.815. The summed E-state index contributed by atoms with van der Waals surface area (Å²) in [6.07, 6.45) is 0.103. The van der Waals surface area contributed by atoms with E-state index in [-0.39, 0.29) is 11.3 Å². The second-order valence-corrected chi connectivity index (χ2v) is 7.06. The molecule has 4 nitrogen and oxygen atoms in total. The van der Waals surface area contributed by atoms with Crippen LogP contribution in [0.1, 0.15) is 16.7 Å². The molecule has 1 atom stereocenters. The minimum absolute atomic E-state index is 0.103. The Hall–Kier alpha value is -2.63. The first-order valence-electron chi connectivity index (χ1n) is 6.63. The Bertz CT molecular complexity index is 840. The molecule has 0 spiro atoms. The molecule has 110 valence electrons. The van der Waals surface area contributed by atoms with Crippen LogP contribution < -0.4 is 0 Å². The van der Waals surface area contributed by atoms with Crippen molar-refractivity contribution >= 4 is 9.84 Å². The van der Waals surface area contributed by atoms with E-state index in [4.69, 9.17) is 11.8 Å². The van der Waals surface area contributed by atoms with Crippen molar-refractivity contribution in [2.45, 2.75) is 23.6 Å². The second-order valence-electron chi connectivity index (χ2n) is 4.95. The standard InChI is InChI=1S/C17H14N2O2S/c1-13-3-9-16(10-4-13)22(20,21)17(19-2)11-14-5-7-15(12-18)8-6-14/h3-10,17H,11H2,1H3. The summed E-state index contributed by atoms with van der Waals surface area (Å²) in [4.78, 5) is 3.45. The van der Waals surface area contributed by atoms with E-state index >= 15 is 0 Å². The summed E-state index contributed by atoms with van der Waals surface area (Å²) < 4.78 is 25.1. The molecule has 0 fully saturated rings. The minimum Gasteiger partial charge on any atom is -0.296 e. The van der Waals surface area contributed by atoms with Crippen molar-refractivity contribution in [1.82, 2.24) is 0 Å². The van der Waals surface area contributed by atoms with Gasteiger partial charge in [0.1, 0.15) is 0 Å². The van der Waals surface area contributed by atoms with E-state index in [1.54, 1.807) is 36.4 Å². The normalized spacial score (nSPS) is 12.1. The van der Waals surface area contributed by atoms with Crippen LogP contribution in [0.4, 0.5) is 0 Å². The molecule has 0 aliphatic rings. The first kappa shape index (κ1) is 15.8. The first-order valence-corrected chi connectivity index (χ1v) is 8.18. The molecule has 2 aromatic rings. The van der Waals surface area contributed by atoms with Crippen molar-refractivity contribution in [3.05, 3.63) is 76.6 Å². The van der Waals surface area contributed by atoms with Gasteiger partial charge in [-0.05, 0) is 36.8 Å². The highest BCUT2D eigenvalue weighted by Crippen LogP contribution is 2.21. The summed E-state index contributed by atoms with van der Waals surface area (Å²) in [5.74, 6) is 0. The Morgan fingerprint density at radius 2 is 1.73 bits per heavy atom. The smallest absolute Gasteiger partial charge is 0.296 e. The van der Waals surface area contributed by atoms with Gasteiger partial charge in [0.2, 0.25) is 0 Å². The summed E-state index contributed by atoms with van der Waals surface area (Å²) in [7, 11) is -3.70. The molecule has 0 saturated heterocycles. The van der Waals surface area contributed by atoms with E-state index in [0.717, 1.165) is 11.1 Å². The van der Waals surface area contributed by atoms with Crippen molar-refractivity contribution < 1.29 is 8.42 Å². The fourth-order valence-corrected chi connectivity index (χ4v) is 3.41. The van der Waals surface area contributed by atoms with E-state index in [9.17, 15) is 8.42 Å². The largest absolute Gasteiger partial charge is 0.329 e. The number of benzene rings is 2. The number of hydrogen-bond acceptors (Lipinski definition) is 3. The van der Waals surface area contributed by atoms with Crippen molar-refractivity contribution in [3.8, 4) is 6.07 Å². The molecular formula is C17H14N2O2S. The molecule has 0 aliphatic carbocycles. The molecular weight excluding hydrogens is 296 g/mol. The Balaban J connectivity index is 2.29. The van der Waals surface area contributed by atoms with Gasteiger partial charge in [0, 0.05) is 0 Å². The van der Waals surface area contributed by atoms with Crippen molar-refractivity contribution in [2.75, 3.05) is 0 Å².